The molecule has 0 aliphatic carbocycles. The van der Waals surface area contributed by atoms with E-state index >= 15 is 0 Å². The number of aliphatic carboxylic acids is 3. The first kappa shape index (κ1) is 28.7. The standard InChI is InChI=1S/C18H30N4O10/c1-3-8(2)14(19)17(30)21-10(6-13(26)27)15(28)22-11(7-23)16(29)20-9(18(31)32)4-5-12(24)25/h8-11,14,23H,3-7,19H2,1-2H3,(H,20,29)(H,21,30)(H,22,28)(H,24,25)(H,26,27)(H,31,32). The lowest BCUT2D eigenvalue weighted by atomic mass is 9.99. The van der Waals surface area contributed by atoms with E-state index in [-0.39, 0.29) is 5.92 Å². The topological polar surface area (TPSA) is 245 Å². The van der Waals surface area contributed by atoms with Crippen molar-refractivity contribution in [1.29, 1.82) is 0 Å². The lowest BCUT2D eigenvalue weighted by molar-refractivity contribution is -0.144. The van der Waals surface area contributed by atoms with E-state index in [1.54, 1.807) is 13.8 Å². The molecule has 182 valence electrons. The Morgan fingerprint density at radius 3 is 1.75 bits per heavy atom. The number of hydrogen-bond donors (Lipinski definition) is 8. The third kappa shape index (κ3) is 10.2. The van der Waals surface area contributed by atoms with Gasteiger partial charge in [-0.1, -0.05) is 20.3 Å². The van der Waals surface area contributed by atoms with Gasteiger partial charge < -0.3 is 42.1 Å². The van der Waals surface area contributed by atoms with Crippen LogP contribution in [-0.2, 0) is 28.8 Å². The molecule has 0 heterocycles. The molecule has 0 aliphatic heterocycles. The number of carbonyl (C=O) groups is 6. The highest BCUT2D eigenvalue weighted by molar-refractivity contribution is 5.95. The predicted molar refractivity (Wildman–Crippen MR) is 107 cm³/mol. The van der Waals surface area contributed by atoms with E-state index in [4.69, 9.17) is 21.1 Å². The summed E-state index contributed by atoms with van der Waals surface area (Å²) in [4.78, 5) is 69.8. The lowest BCUT2D eigenvalue weighted by Crippen LogP contribution is -2.58. The van der Waals surface area contributed by atoms with Crippen LogP contribution < -0.4 is 21.7 Å². The highest BCUT2D eigenvalue weighted by Gasteiger charge is 2.32. The Labute approximate surface area is 183 Å². The van der Waals surface area contributed by atoms with E-state index in [9.17, 15) is 33.9 Å². The van der Waals surface area contributed by atoms with E-state index in [0.29, 0.717) is 6.42 Å². The smallest absolute Gasteiger partial charge is 0.326 e. The summed E-state index contributed by atoms with van der Waals surface area (Å²) in [6.07, 6.45) is -1.31. The summed E-state index contributed by atoms with van der Waals surface area (Å²) < 4.78 is 0. The largest absolute Gasteiger partial charge is 0.481 e. The minimum absolute atomic E-state index is 0.265. The first-order valence-corrected chi connectivity index (χ1v) is 9.77. The molecule has 0 radical (unpaired) electrons. The van der Waals surface area contributed by atoms with Crippen molar-refractivity contribution < 1.29 is 49.2 Å². The molecule has 9 N–H and O–H groups in total. The number of nitrogens with two attached hydrogens (primary N) is 1. The van der Waals surface area contributed by atoms with Gasteiger partial charge in [-0.2, -0.15) is 0 Å². The SMILES string of the molecule is CCC(C)C(N)C(=O)NC(CC(=O)O)C(=O)NC(CO)C(=O)NC(CCC(=O)O)C(=O)O. The number of amides is 3. The molecule has 0 saturated heterocycles. The number of hydrogen-bond acceptors (Lipinski definition) is 8. The van der Waals surface area contributed by atoms with Gasteiger partial charge in [-0.15, -0.1) is 0 Å². The Balaban J connectivity index is 5.29. The zero-order valence-corrected chi connectivity index (χ0v) is 17.7. The maximum Gasteiger partial charge on any atom is 0.326 e. The van der Waals surface area contributed by atoms with Crippen LogP contribution in [0.1, 0.15) is 39.5 Å². The fourth-order valence-corrected chi connectivity index (χ4v) is 2.43. The molecule has 5 unspecified atom stereocenters. The van der Waals surface area contributed by atoms with Gasteiger partial charge in [0.1, 0.15) is 18.1 Å². The number of carboxylic acids is 3. The van der Waals surface area contributed by atoms with E-state index in [1.165, 1.54) is 0 Å². The summed E-state index contributed by atoms with van der Waals surface area (Å²) in [5.74, 6) is -7.58. The molecule has 0 bridgehead atoms. The molecule has 3 amide bonds. The molecular weight excluding hydrogens is 432 g/mol. The lowest BCUT2D eigenvalue weighted by Gasteiger charge is -2.24. The molecule has 0 aliphatic rings. The molecule has 0 saturated carbocycles. The summed E-state index contributed by atoms with van der Waals surface area (Å²) in [6, 6.07) is -5.94. The normalized spacial score (nSPS) is 15.4. The number of nitrogens with one attached hydrogen (secondary N) is 3. The zero-order valence-electron chi connectivity index (χ0n) is 17.7. The molecule has 14 nitrogen and oxygen atoms in total. The molecule has 32 heavy (non-hydrogen) atoms. The summed E-state index contributed by atoms with van der Waals surface area (Å²) in [6.45, 7) is 2.49. The van der Waals surface area contributed by atoms with Gasteiger partial charge in [0.25, 0.3) is 0 Å². The molecule has 14 heteroatoms. The minimum atomic E-state index is -1.69. The van der Waals surface area contributed by atoms with Crippen molar-refractivity contribution in [3.05, 3.63) is 0 Å². The van der Waals surface area contributed by atoms with Crippen LogP contribution in [0.2, 0.25) is 0 Å². The van der Waals surface area contributed by atoms with Gasteiger partial charge in [0.05, 0.1) is 19.1 Å². The summed E-state index contributed by atoms with van der Waals surface area (Å²) in [5.41, 5.74) is 5.77. The minimum Gasteiger partial charge on any atom is -0.481 e. The molecule has 5 atom stereocenters. The average Bonchev–Trinajstić information content (AvgIpc) is 2.71. The van der Waals surface area contributed by atoms with Crippen molar-refractivity contribution in [1.82, 2.24) is 16.0 Å². The number of aliphatic hydroxyl groups excluding tert-OH is 1. The highest BCUT2D eigenvalue weighted by atomic mass is 16.4. The van der Waals surface area contributed by atoms with E-state index < -0.39 is 85.7 Å². The third-order valence-corrected chi connectivity index (χ3v) is 4.65. The van der Waals surface area contributed by atoms with E-state index in [2.05, 4.69) is 5.32 Å². The average molecular weight is 462 g/mol. The number of carboxylic acid groups (broad SMARTS) is 3. The second-order valence-electron chi connectivity index (χ2n) is 7.15. The molecule has 0 aromatic heterocycles. The molecular formula is C18H30N4O10. The molecule has 0 aromatic carbocycles. The third-order valence-electron chi connectivity index (χ3n) is 4.65. The van der Waals surface area contributed by atoms with Crippen molar-refractivity contribution in [2.24, 2.45) is 11.7 Å². The molecule has 0 aromatic rings. The monoisotopic (exact) mass is 462 g/mol. The fraction of sp³-hybridized carbons (Fsp3) is 0.667. The zero-order chi connectivity index (χ0) is 25.0. The Morgan fingerprint density at radius 1 is 0.812 bits per heavy atom. The van der Waals surface area contributed by atoms with E-state index in [1.807, 2.05) is 10.6 Å². The van der Waals surface area contributed by atoms with Gasteiger partial charge in [0, 0.05) is 6.42 Å². The number of rotatable bonds is 15. The maximum absolute atomic E-state index is 12.5. The van der Waals surface area contributed by atoms with Crippen molar-refractivity contribution >= 4 is 35.6 Å². The van der Waals surface area contributed by atoms with Crippen LogP contribution in [0.3, 0.4) is 0 Å². The highest BCUT2D eigenvalue weighted by Crippen LogP contribution is 2.06. The Kier molecular flexibility index (Phi) is 12.5. The number of carbonyl (C=O) groups excluding carboxylic acids is 3. The van der Waals surface area contributed by atoms with Crippen molar-refractivity contribution in [2.45, 2.75) is 63.7 Å². The van der Waals surface area contributed by atoms with Crippen molar-refractivity contribution in [3.8, 4) is 0 Å². The second kappa shape index (κ2) is 13.9. The van der Waals surface area contributed by atoms with Gasteiger partial charge in [-0.25, -0.2) is 4.79 Å². The van der Waals surface area contributed by atoms with Crippen LogP contribution in [0, 0.1) is 5.92 Å². The first-order chi connectivity index (χ1) is 14.8. The van der Waals surface area contributed by atoms with Crippen LogP contribution in [0.25, 0.3) is 0 Å². The second-order valence-corrected chi connectivity index (χ2v) is 7.15. The molecule has 0 spiro atoms. The Bertz CT molecular complexity index is 714. The predicted octanol–water partition coefficient (Wildman–Crippen LogP) is -2.77. The summed E-state index contributed by atoms with van der Waals surface area (Å²) in [5, 5.41) is 42.4. The van der Waals surface area contributed by atoms with Crippen LogP contribution in [0.5, 0.6) is 0 Å². The number of aliphatic hydroxyl groups is 1. The van der Waals surface area contributed by atoms with Gasteiger partial charge in [-0.3, -0.25) is 24.0 Å². The summed E-state index contributed by atoms with van der Waals surface area (Å²) in [7, 11) is 0. The van der Waals surface area contributed by atoms with Gasteiger partial charge in [0.15, 0.2) is 0 Å². The fourth-order valence-electron chi connectivity index (χ4n) is 2.43. The van der Waals surface area contributed by atoms with Gasteiger partial charge >= 0.3 is 17.9 Å². The van der Waals surface area contributed by atoms with E-state index in [0.717, 1.165) is 0 Å². The Hall–Kier alpha value is -3.26. The summed E-state index contributed by atoms with van der Waals surface area (Å²) >= 11 is 0. The first-order valence-electron chi connectivity index (χ1n) is 9.77. The van der Waals surface area contributed by atoms with Crippen LogP contribution in [-0.4, -0.2) is 86.8 Å². The molecule has 0 fully saturated rings. The quantitative estimate of drug-likeness (QED) is 0.124. The maximum atomic E-state index is 12.5. The van der Waals surface area contributed by atoms with Crippen molar-refractivity contribution in [3.63, 3.8) is 0 Å². The van der Waals surface area contributed by atoms with Crippen LogP contribution >= 0.6 is 0 Å². The van der Waals surface area contributed by atoms with Gasteiger partial charge in [0.2, 0.25) is 17.7 Å². The van der Waals surface area contributed by atoms with Crippen LogP contribution in [0.4, 0.5) is 0 Å². The van der Waals surface area contributed by atoms with Crippen molar-refractivity contribution in [2.75, 3.05) is 6.61 Å². The van der Waals surface area contributed by atoms with Gasteiger partial charge in [-0.05, 0) is 12.3 Å². The van der Waals surface area contributed by atoms with Crippen LogP contribution in [0.15, 0.2) is 0 Å². The Morgan fingerprint density at radius 2 is 1.31 bits per heavy atom. The molecule has 0 rings (SSSR count).